The van der Waals surface area contributed by atoms with Gasteiger partial charge in [-0.25, -0.2) is 4.68 Å². The maximum Gasteiger partial charge on any atom is 0.277 e. The first-order chi connectivity index (χ1) is 14.2. The van der Waals surface area contributed by atoms with E-state index in [1.807, 2.05) is 48.7 Å². The maximum absolute atomic E-state index is 13.5. The largest absolute Gasteiger partial charge is 0.343 e. The summed E-state index contributed by atoms with van der Waals surface area (Å²) in [6.07, 6.45) is 4.22. The van der Waals surface area contributed by atoms with Crippen LogP contribution in [0.25, 0.3) is 5.69 Å². The first kappa shape index (κ1) is 18.1. The van der Waals surface area contributed by atoms with E-state index < -0.39 is 0 Å². The number of carbonyl (C=O) groups is 1. The van der Waals surface area contributed by atoms with E-state index in [1.165, 1.54) is 0 Å². The Morgan fingerprint density at radius 3 is 2.48 bits per heavy atom. The molecule has 5 rings (SSSR count). The highest BCUT2D eigenvalue weighted by atomic mass is 32.2. The van der Waals surface area contributed by atoms with Crippen molar-refractivity contribution in [2.75, 3.05) is 11.6 Å². The number of fused-ring (bicyclic) bond motifs is 1. The third kappa shape index (κ3) is 2.95. The molecule has 5 nitrogen and oxygen atoms in total. The van der Waals surface area contributed by atoms with Gasteiger partial charge in [0.1, 0.15) is 5.82 Å². The van der Waals surface area contributed by atoms with Crippen LogP contribution in [0, 0.1) is 0 Å². The van der Waals surface area contributed by atoms with Crippen molar-refractivity contribution in [3.8, 4) is 5.69 Å². The number of hydrogen-bond donors (Lipinski definition) is 2. The number of thioether (sulfide) groups is 1. The number of ketones is 1. The number of anilines is 1. The van der Waals surface area contributed by atoms with Crippen LogP contribution in [-0.4, -0.2) is 21.8 Å². The molecule has 1 aliphatic carbocycles. The van der Waals surface area contributed by atoms with Gasteiger partial charge >= 0.3 is 0 Å². The highest BCUT2D eigenvalue weighted by Gasteiger charge is 2.38. The summed E-state index contributed by atoms with van der Waals surface area (Å²) >= 11 is 1.67. The van der Waals surface area contributed by atoms with Gasteiger partial charge < -0.3 is 5.32 Å². The zero-order chi connectivity index (χ0) is 20.0. The number of Topliss-reactive ketones (excluding diaryl/α,β-unsaturated/α-hetero) is 1. The number of benzene rings is 2. The Kier molecular flexibility index (Phi) is 4.43. The molecule has 2 aromatic carbocycles. The van der Waals surface area contributed by atoms with Crippen LogP contribution in [0.5, 0.6) is 0 Å². The predicted octanol–water partition coefficient (Wildman–Crippen LogP) is 4.45. The number of carbonyl (C=O) groups excluding carboxylic acids is 1. The smallest absolute Gasteiger partial charge is 0.277 e. The van der Waals surface area contributed by atoms with E-state index in [9.17, 15) is 9.59 Å². The number of nitrogens with zero attached hydrogens (tertiary/aromatic N) is 1. The average molecular weight is 404 g/mol. The zero-order valence-corrected chi connectivity index (χ0v) is 16.9. The molecule has 0 bridgehead atoms. The van der Waals surface area contributed by atoms with Gasteiger partial charge in [0.15, 0.2) is 5.78 Å². The summed E-state index contributed by atoms with van der Waals surface area (Å²) in [7, 11) is 0. The van der Waals surface area contributed by atoms with Gasteiger partial charge in [0.05, 0.1) is 11.3 Å². The van der Waals surface area contributed by atoms with E-state index in [4.69, 9.17) is 0 Å². The van der Waals surface area contributed by atoms with Crippen molar-refractivity contribution in [3.63, 3.8) is 0 Å². The van der Waals surface area contributed by atoms with Gasteiger partial charge in [-0.05, 0) is 48.9 Å². The van der Waals surface area contributed by atoms with E-state index in [1.54, 1.807) is 16.4 Å². The third-order valence-corrected chi connectivity index (χ3v) is 6.44. The van der Waals surface area contributed by atoms with Gasteiger partial charge in [0.2, 0.25) is 0 Å². The number of aromatic amines is 1. The highest BCUT2D eigenvalue weighted by Crippen LogP contribution is 2.43. The molecule has 6 heteroatoms. The Labute approximate surface area is 172 Å². The molecule has 2 N–H and O–H groups in total. The van der Waals surface area contributed by atoms with E-state index in [0.717, 1.165) is 40.3 Å². The molecule has 0 unspecified atom stereocenters. The summed E-state index contributed by atoms with van der Waals surface area (Å²) in [5, 5.41) is 6.59. The molecule has 0 saturated carbocycles. The standard InChI is InChI=1S/C23H21N3O2S/c1-29-16-12-10-14(11-13-16)19-20-17(8-5-9-18(20)27)24-22-21(19)23(28)26(25-22)15-6-3-2-4-7-15/h2-4,6-7,10-13,19,24-25H,5,8-9H2,1H3/t19-/m1/s1. The van der Waals surface area contributed by atoms with Crippen molar-refractivity contribution in [3.05, 3.63) is 87.3 Å². The molecule has 1 aromatic heterocycles. The third-order valence-electron chi connectivity index (χ3n) is 5.70. The molecule has 29 heavy (non-hydrogen) atoms. The van der Waals surface area contributed by atoms with Crippen LogP contribution in [0.2, 0.25) is 0 Å². The van der Waals surface area contributed by atoms with Gasteiger partial charge in [0, 0.05) is 28.5 Å². The highest BCUT2D eigenvalue weighted by molar-refractivity contribution is 7.98. The molecule has 2 heterocycles. The molecule has 146 valence electrons. The molecular weight excluding hydrogens is 382 g/mol. The molecule has 0 saturated heterocycles. The summed E-state index contributed by atoms with van der Waals surface area (Å²) in [5.41, 5.74) is 3.92. The Morgan fingerprint density at radius 1 is 1.00 bits per heavy atom. The number of H-pyrrole nitrogens is 1. The van der Waals surface area contributed by atoms with E-state index in [0.29, 0.717) is 17.8 Å². The molecule has 1 atom stereocenters. The quantitative estimate of drug-likeness (QED) is 0.634. The van der Waals surface area contributed by atoms with Crippen molar-refractivity contribution in [2.24, 2.45) is 0 Å². The van der Waals surface area contributed by atoms with E-state index in [-0.39, 0.29) is 17.3 Å². The molecule has 1 aliphatic heterocycles. The summed E-state index contributed by atoms with van der Waals surface area (Å²) in [4.78, 5) is 27.5. The van der Waals surface area contributed by atoms with Crippen LogP contribution >= 0.6 is 11.8 Å². The van der Waals surface area contributed by atoms with Crippen molar-refractivity contribution >= 4 is 23.4 Å². The predicted molar refractivity (Wildman–Crippen MR) is 116 cm³/mol. The fourth-order valence-corrected chi connectivity index (χ4v) is 4.73. The number of rotatable bonds is 3. The fourth-order valence-electron chi connectivity index (χ4n) is 4.33. The number of nitrogens with one attached hydrogen (secondary N) is 2. The van der Waals surface area contributed by atoms with Crippen molar-refractivity contribution in [2.45, 2.75) is 30.1 Å². The van der Waals surface area contributed by atoms with Crippen molar-refractivity contribution in [1.29, 1.82) is 0 Å². The van der Waals surface area contributed by atoms with Crippen LogP contribution in [0.3, 0.4) is 0 Å². The monoisotopic (exact) mass is 403 g/mol. The van der Waals surface area contributed by atoms with Crippen LogP contribution in [0.15, 0.2) is 75.6 Å². The Hall–Kier alpha value is -2.99. The number of hydrogen-bond acceptors (Lipinski definition) is 4. The summed E-state index contributed by atoms with van der Waals surface area (Å²) in [6.45, 7) is 0. The summed E-state index contributed by atoms with van der Waals surface area (Å²) in [6, 6.07) is 17.7. The SMILES string of the molecule is CSc1ccc([C@@H]2C3=C(CCCC3=O)Nc3[nH]n(-c4ccccc4)c(=O)c32)cc1. The Morgan fingerprint density at radius 2 is 1.76 bits per heavy atom. The Balaban J connectivity index is 1.72. The molecule has 0 radical (unpaired) electrons. The average Bonchev–Trinajstić information content (AvgIpc) is 3.09. The second-order valence-corrected chi connectivity index (χ2v) is 8.26. The topological polar surface area (TPSA) is 66.9 Å². The molecule has 3 aromatic rings. The molecule has 0 spiro atoms. The molecular formula is C23H21N3O2S. The lowest BCUT2D eigenvalue weighted by Gasteiger charge is -2.31. The number of allylic oxidation sites excluding steroid dienone is 2. The summed E-state index contributed by atoms with van der Waals surface area (Å²) < 4.78 is 1.56. The van der Waals surface area contributed by atoms with E-state index in [2.05, 4.69) is 22.5 Å². The maximum atomic E-state index is 13.5. The van der Waals surface area contributed by atoms with Gasteiger partial charge in [-0.2, -0.15) is 0 Å². The van der Waals surface area contributed by atoms with Gasteiger partial charge in [-0.15, -0.1) is 11.8 Å². The van der Waals surface area contributed by atoms with E-state index >= 15 is 0 Å². The number of aromatic nitrogens is 2. The van der Waals surface area contributed by atoms with Gasteiger partial charge in [-0.1, -0.05) is 30.3 Å². The second kappa shape index (κ2) is 7.12. The number of para-hydroxylation sites is 1. The lowest BCUT2D eigenvalue weighted by Crippen LogP contribution is -2.29. The van der Waals surface area contributed by atoms with Crippen LogP contribution in [0.4, 0.5) is 5.82 Å². The summed E-state index contributed by atoms with van der Waals surface area (Å²) in [5.74, 6) is 0.472. The first-order valence-corrected chi connectivity index (χ1v) is 11.0. The zero-order valence-electron chi connectivity index (χ0n) is 16.1. The van der Waals surface area contributed by atoms with Crippen LogP contribution in [0.1, 0.15) is 36.3 Å². The van der Waals surface area contributed by atoms with Crippen molar-refractivity contribution in [1.82, 2.24) is 9.78 Å². The van der Waals surface area contributed by atoms with Gasteiger partial charge in [0.25, 0.3) is 5.56 Å². The minimum Gasteiger partial charge on any atom is -0.343 e. The van der Waals surface area contributed by atoms with Crippen molar-refractivity contribution < 1.29 is 4.79 Å². The lowest BCUT2D eigenvalue weighted by molar-refractivity contribution is -0.116. The minimum absolute atomic E-state index is 0.123. The van der Waals surface area contributed by atoms with Gasteiger partial charge in [-0.3, -0.25) is 14.7 Å². The fraction of sp³-hybridized carbons (Fsp3) is 0.217. The van der Waals surface area contributed by atoms with Crippen LogP contribution in [-0.2, 0) is 4.79 Å². The molecule has 2 aliphatic rings. The second-order valence-electron chi connectivity index (χ2n) is 7.38. The first-order valence-electron chi connectivity index (χ1n) is 9.75. The molecule has 0 amide bonds. The molecule has 0 fully saturated rings. The van der Waals surface area contributed by atoms with Crippen LogP contribution < -0.4 is 10.9 Å². The minimum atomic E-state index is -0.348. The lowest BCUT2D eigenvalue weighted by atomic mass is 9.77. The normalized spacial score (nSPS) is 18.2. The Bertz CT molecular complexity index is 1170.